The molecule has 0 aliphatic rings. The first-order chi connectivity index (χ1) is 11.2. The molecule has 0 bridgehead atoms. The molecule has 0 N–H and O–H groups in total. The Kier molecular flexibility index (Phi) is 6.42. The summed E-state index contributed by atoms with van der Waals surface area (Å²) >= 11 is 0. The summed E-state index contributed by atoms with van der Waals surface area (Å²) in [6.07, 6.45) is 1.79. The van der Waals surface area contributed by atoms with E-state index in [-0.39, 0.29) is 18.2 Å². The van der Waals surface area contributed by atoms with Gasteiger partial charge in [-0.2, -0.15) is 13.8 Å². The van der Waals surface area contributed by atoms with Crippen molar-refractivity contribution in [2.24, 2.45) is 5.16 Å². The third kappa shape index (κ3) is 5.62. The van der Waals surface area contributed by atoms with Gasteiger partial charge in [0, 0.05) is 19.1 Å². The Labute approximate surface area is 130 Å². The molecule has 0 atom stereocenters. The van der Waals surface area contributed by atoms with Gasteiger partial charge in [0.2, 0.25) is 0 Å². The summed E-state index contributed by atoms with van der Waals surface area (Å²) in [7, 11) is 1.58. The highest BCUT2D eigenvalue weighted by Gasteiger charge is 2.08. The Morgan fingerprint density at radius 1 is 1.35 bits per heavy atom. The van der Waals surface area contributed by atoms with Gasteiger partial charge in [-0.3, -0.25) is 0 Å². The maximum atomic E-state index is 12.3. The summed E-state index contributed by atoms with van der Waals surface area (Å²) in [6.45, 7) is -2.46. The third-order valence-corrected chi connectivity index (χ3v) is 2.63. The molecule has 0 aliphatic carbocycles. The number of aromatic nitrogens is 2. The lowest BCUT2D eigenvalue weighted by Crippen LogP contribution is -2.04. The number of rotatable bonds is 9. The first-order valence-electron chi connectivity index (χ1n) is 6.68. The molecule has 1 heterocycles. The number of para-hydroxylation sites is 1. The molecule has 0 amide bonds. The van der Waals surface area contributed by atoms with Gasteiger partial charge in [-0.25, -0.2) is 0 Å². The van der Waals surface area contributed by atoms with Crippen LogP contribution >= 0.6 is 0 Å². The van der Waals surface area contributed by atoms with Gasteiger partial charge < -0.3 is 18.8 Å². The number of oxime groups is 1. The van der Waals surface area contributed by atoms with Crippen LogP contribution in [0.3, 0.4) is 0 Å². The van der Waals surface area contributed by atoms with Gasteiger partial charge in [0.15, 0.2) is 12.4 Å². The lowest BCUT2D eigenvalue weighted by atomic mass is 10.2. The van der Waals surface area contributed by atoms with Crippen LogP contribution in [0.15, 0.2) is 33.9 Å². The molecule has 1 aromatic carbocycles. The van der Waals surface area contributed by atoms with Crippen molar-refractivity contribution in [3.05, 3.63) is 41.5 Å². The minimum absolute atomic E-state index is 0.00879. The normalized spacial score (nSPS) is 11.3. The van der Waals surface area contributed by atoms with E-state index in [2.05, 4.69) is 20.0 Å². The highest BCUT2D eigenvalue weighted by atomic mass is 19.3. The summed E-state index contributed by atoms with van der Waals surface area (Å²) in [4.78, 5) is 9.07. The molecule has 124 valence electrons. The lowest BCUT2D eigenvalue weighted by Gasteiger charge is -2.06. The Morgan fingerprint density at radius 2 is 2.17 bits per heavy atom. The van der Waals surface area contributed by atoms with Crippen molar-refractivity contribution in [2.75, 3.05) is 13.7 Å². The van der Waals surface area contributed by atoms with E-state index in [0.717, 1.165) is 0 Å². The summed E-state index contributed by atoms with van der Waals surface area (Å²) in [5.74, 6) is 0.768. The second-order valence-electron chi connectivity index (χ2n) is 4.27. The Morgan fingerprint density at radius 3 is 2.96 bits per heavy atom. The second-order valence-corrected chi connectivity index (χ2v) is 4.27. The predicted octanol–water partition coefficient (Wildman–Crippen LogP) is 2.41. The fourth-order valence-electron chi connectivity index (χ4n) is 1.62. The maximum absolute atomic E-state index is 12.3. The largest absolute Gasteiger partial charge is 0.434 e. The van der Waals surface area contributed by atoms with Crippen LogP contribution in [0.2, 0.25) is 0 Å². The van der Waals surface area contributed by atoms with Crippen molar-refractivity contribution in [3.63, 3.8) is 0 Å². The molecule has 0 aliphatic heterocycles. The van der Waals surface area contributed by atoms with Crippen molar-refractivity contribution in [1.82, 2.24) is 10.1 Å². The molecule has 0 saturated carbocycles. The zero-order valence-electron chi connectivity index (χ0n) is 12.3. The van der Waals surface area contributed by atoms with Crippen LogP contribution in [0.25, 0.3) is 0 Å². The van der Waals surface area contributed by atoms with Gasteiger partial charge in [0.1, 0.15) is 5.75 Å². The van der Waals surface area contributed by atoms with E-state index in [4.69, 9.17) is 14.1 Å². The number of hydrogen-bond acceptors (Lipinski definition) is 7. The van der Waals surface area contributed by atoms with Gasteiger partial charge in [-0.05, 0) is 12.1 Å². The van der Waals surface area contributed by atoms with Crippen LogP contribution in [0.1, 0.15) is 17.3 Å². The zero-order chi connectivity index (χ0) is 16.5. The third-order valence-electron chi connectivity index (χ3n) is 2.63. The average molecular weight is 327 g/mol. The number of methoxy groups -OCH3 is 1. The lowest BCUT2D eigenvalue weighted by molar-refractivity contribution is -0.0499. The molecule has 2 aromatic rings. The monoisotopic (exact) mass is 327 g/mol. The van der Waals surface area contributed by atoms with E-state index >= 15 is 0 Å². The number of halogens is 2. The van der Waals surface area contributed by atoms with E-state index in [1.54, 1.807) is 25.3 Å². The molecule has 9 heteroatoms. The van der Waals surface area contributed by atoms with Crippen molar-refractivity contribution >= 4 is 6.21 Å². The van der Waals surface area contributed by atoms with Gasteiger partial charge >= 0.3 is 6.61 Å². The Balaban J connectivity index is 1.86. The number of benzene rings is 1. The molecule has 0 spiro atoms. The molecule has 1 aromatic heterocycles. The Hall–Kier alpha value is -2.55. The average Bonchev–Trinajstić information content (AvgIpc) is 2.98. The van der Waals surface area contributed by atoms with Crippen LogP contribution in [-0.2, 0) is 22.6 Å². The molecule has 7 nitrogen and oxygen atoms in total. The predicted molar refractivity (Wildman–Crippen MR) is 75.3 cm³/mol. The molecule has 2 rings (SSSR count). The molecular formula is C14H15F2N3O4. The quantitative estimate of drug-likeness (QED) is 0.520. The van der Waals surface area contributed by atoms with Crippen LogP contribution in [0.5, 0.6) is 5.75 Å². The van der Waals surface area contributed by atoms with Gasteiger partial charge in [0.25, 0.3) is 5.89 Å². The molecule has 0 unspecified atom stereocenters. The molecular weight excluding hydrogens is 312 g/mol. The maximum Gasteiger partial charge on any atom is 0.387 e. The number of hydrogen-bond donors (Lipinski definition) is 0. The number of nitrogens with zero attached hydrogens (tertiary/aromatic N) is 3. The highest BCUT2D eigenvalue weighted by molar-refractivity contribution is 5.83. The van der Waals surface area contributed by atoms with Crippen molar-refractivity contribution in [2.45, 2.75) is 19.6 Å². The minimum Gasteiger partial charge on any atom is -0.434 e. The highest BCUT2D eigenvalue weighted by Crippen LogP contribution is 2.18. The van der Waals surface area contributed by atoms with E-state index in [1.165, 1.54) is 12.3 Å². The topological polar surface area (TPSA) is 79.0 Å². The van der Waals surface area contributed by atoms with E-state index in [0.29, 0.717) is 24.4 Å². The van der Waals surface area contributed by atoms with Crippen molar-refractivity contribution in [3.8, 4) is 5.75 Å². The molecule has 0 saturated heterocycles. The molecule has 23 heavy (non-hydrogen) atoms. The summed E-state index contributed by atoms with van der Waals surface area (Å²) < 4.78 is 38.8. The van der Waals surface area contributed by atoms with Gasteiger partial charge in [-0.1, -0.05) is 22.4 Å². The van der Waals surface area contributed by atoms with E-state index in [1.807, 2.05) is 0 Å². The fraction of sp³-hybridized carbons (Fsp3) is 0.357. The number of ether oxygens (including phenoxy) is 2. The van der Waals surface area contributed by atoms with E-state index < -0.39 is 6.61 Å². The van der Waals surface area contributed by atoms with Crippen LogP contribution < -0.4 is 4.74 Å². The summed E-state index contributed by atoms with van der Waals surface area (Å²) in [6, 6.07) is 6.23. The standard InChI is InChI=1S/C14H15F2N3O4/c1-20-7-6-12-18-13(23-19-12)9-21-17-8-10-4-2-3-5-11(10)22-14(15)16/h2-5,8,14H,6-7,9H2,1H3/b17-8+. The summed E-state index contributed by atoms with van der Waals surface area (Å²) in [5.41, 5.74) is 0.360. The van der Waals surface area contributed by atoms with Gasteiger partial charge in [0.05, 0.1) is 12.8 Å². The van der Waals surface area contributed by atoms with Crippen LogP contribution in [-0.4, -0.2) is 36.7 Å². The SMILES string of the molecule is COCCc1noc(CO/N=C/c2ccccc2OC(F)F)n1. The summed E-state index contributed by atoms with van der Waals surface area (Å²) in [5, 5.41) is 7.41. The fourth-order valence-corrected chi connectivity index (χ4v) is 1.62. The van der Waals surface area contributed by atoms with Gasteiger partial charge in [-0.15, -0.1) is 0 Å². The van der Waals surface area contributed by atoms with Crippen molar-refractivity contribution in [1.29, 1.82) is 0 Å². The molecule has 0 radical (unpaired) electrons. The first kappa shape index (κ1) is 16.8. The zero-order valence-corrected chi connectivity index (χ0v) is 12.3. The van der Waals surface area contributed by atoms with E-state index in [9.17, 15) is 8.78 Å². The van der Waals surface area contributed by atoms with Crippen LogP contribution in [0, 0.1) is 0 Å². The smallest absolute Gasteiger partial charge is 0.387 e. The Bertz CT molecular complexity index is 634. The number of alkyl halides is 2. The molecule has 0 fully saturated rings. The van der Waals surface area contributed by atoms with Crippen LogP contribution in [0.4, 0.5) is 8.78 Å². The second kappa shape index (κ2) is 8.79. The van der Waals surface area contributed by atoms with Crippen molar-refractivity contribution < 1.29 is 27.6 Å². The first-order valence-corrected chi connectivity index (χ1v) is 6.68. The minimum atomic E-state index is -2.91.